The second kappa shape index (κ2) is 13.1. The molecule has 0 fully saturated rings. The number of carbonyl (C=O) groups excluding carboxylic acids is 2. The zero-order chi connectivity index (χ0) is 28.6. The van der Waals surface area contributed by atoms with Gasteiger partial charge in [0.15, 0.2) is 5.75 Å². The topological polar surface area (TPSA) is 92.8 Å². The quantitative estimate of drug-likeness (QED) is 0.269. The van der Waals surface area contributed by atoms with Gasteiger partial charge in [-0.1, -0.05) is 36.4 Å². The van der Waals surface area contributed by atoms with E-state index in [9.17, 15) is 9.59 Å². The molecular weight excluding hydrogens is 516 g/mol. The highest BCUT2D eigenvalue weighted by molar-refractivity contribution is 6.07. The standard InChI is InChI=1S/C33H34N4O4/c1-23(2)37-20-17-28(22-35-21-24-11-13-27(14-12-24)40-26-7-4-3-5-8-26)41-31-29(33(37)39)9-6-10-30(31)36-32(38)25-15-18-34-19-16-25/h3-16,18-19,23,28,35H,17,20-22H2,1-2H3,(H,36,38)/t28-/m1/s1. The number of anilines is 1. The number of nitrogens with one attached hydrogen (secondary N) is 2. The van der Waals surface area contributed by atoms with Gasteiger partial charge in [-0.3, -0.25) is 14.6 Å². The van der Waals surface area contributed by atoms with Gasteiger partial charge in [0.05, 0.1) is 11.3 Å². The van der Waals surface area contributed by atoms with Crippen LogP contribution in [0.2, 0.25) is 0 Å². The SMILES string of the molecule is CC(C)N1CC[C@H](CNCc2ccc(Oc3ccccc3)cc2)Oc2c(NC(=O)c3ccncc3)cccc2C1=O. The van der Waals surface area contributed by atoms with Crippen LogP contribution in [0.5, 0.6) is 17.2 Å². The van der Waals surface area contributed by atoms with E-state index in [4.69, 9.17) is 9.47 Å². The van der Waals surface area contributed by atoms with E-state index < -0.39 is 0 Å². The highest BCUT2D eigenvalue weighted by atomic mass is 16.5. The van der Waals surface area contributed by atoms with Crippen molar-refractivity contribution in [3.8, 4) is 17.2 Å². The third-order valence-corrected chi connectivity index (χ3v) is 6.90. The molecule has 8 heteroatoms. The summed E-state index contributed by atoms with van der Waals surface area (Å²) < 4.78 is 12.4. The number of hydrogen-bond donors (Lipinski definition) is 2. The molecule has 0 spiro atoms. The van der Waals surface area contributed by atoms with Crippen LogP contribution in [0.1, 0.15) is 46.5 Å². The van der Waals surface area contributed by atoms with Gasteiger partial charge in [0.25, 0.3) is 11.8 Å². The molecule has 8 nitrogen and oxygen atoms in total. The Bertz CT molecular complexity index is 1460. The minimum absolute atomic E-state index is 0.0220. The van der Waals surface area contributed by atoms with Gasteiger partial charge >= 0.3 is 0 Å². The summed E-state index contributed by atoms with van der Waals surface area (Å²) in [5.74, 6) is 1.55. The molecule has 2 heterocycles. The predicted octanol–water partition coefficient (Wildman–Crippen LogP) is 5.92. The zero-order valence-corrected chi connectivity index (χ0v) is 23.2. The Morgan fingerprint density at radius 3 is 2.44 bits per heavy atom. The molecule has 2 N–H and O–H groups in total. The average molecular weight is 551 g/mol. The van der Waals surface area contributed by atoms with Crippen LogP contribution in [-0.4, -0.2) is 46.9 Å². The number of carbonyl (C=O) groups is 2. The van der Waals surface area contributed by atoms with Crippen LogP contribution in [0.4, 0.5) is 5.69 Å². The molecule has 0 aliphatic carbocycles. The Morgan fingerprint density at radius 2 is 1.71 bits per heavy atom. The maximum absolute atomic E-state index is 13.5. The van der Waals surface area contributed by atoms with Gasteiger partial charge < -0.3 is 25.0 Å². The van der Waals surface area contributed by atoms with E-state index in [0.717, 1.165) is 17.1 Å². The first-order valence-corrected chi connectivity index (χ1v) is 13.8. The number of fused-ring (bicyclic) bond motifs is 1. The van der Waals surface area contributed by atoms with E-state index in [1.165, 1.54) is 0 Å². The lowest BCUT2D eigenvalue weighted by Crippen LogP contribution is -2.43. The Balaban J connectivity index is 1.28. The Kier molecular flexibility index (Phi) is 8.91. The fourth-order valence-electron chi connectivity index (χ4n) is 4.71. The van der Waals surface area contributed by atoms with Crippen molar-refractivity contribution < 1.29 is 19.1 Å². The van der Waals surface area contributed by atoms with Crippen LogP contribution in [0, 0.1) is 0 Å². The monoisotopic (exact) mass is 550 g/mol. The molecule has 0 unspecified atom stereocenters. The summed E-state index contributed by atoms with van der Waals surface area (Å²) in [6.45, 7) is 5.79. The summed E-state index contributed by atoms with van der Waals surface area (Å²) in [6.07, 6.45) is 3.56. The number of rotatable bonds is 9. The summed E-state index contributed by atoms with van der Waals surface area (Å²) in [5, 5.41) is 6.43. The van der Waals surface area contributed by atoms with E-state index >= 15 is 0 Å². The van der Waals surface area contributed by atoms with Crippen LogP contribution in [-0.2, 0) is 6.54 Å². The molecule has 210 valence electrons. The molecule has 2 amide bonds. The van der Waals surface area contributed by atoms with Gasteiger partial charge in [-0.15, -0.1) is 0 Å². The van der Waals surface area contributed by atoms with Crippen LogP contribution in [0.15, 0.2) is 97.3 Å². The molecule has 5 rings (SSSR count). The normalized spacial score (nSPS) is 15.0. The van der Waals surface area contributed by atoms with Crippen molar-refractivity contribution >= 4 is 17.5 Å². The molecule has 0 radical (unpaired) electrons. The van der Waals surface area contributed by atoms with Gasteiger partial charge in [-0.2, -0.15) is 0 Å². The lowest BCUT2D eigenvalue weighted by atomic mass is 10.1. The largest absolute Gasteiger partial charge is 0.486 e. The lowest BCUT2D eigenvalue weighted by Gasteiger charge is -2.33. The molecule has 4 aromatic rings. The summed E-state index contributed by atoms with van der Waals surface area (Å²) in [7, 11) is 0. The van der Waals surface area contributed by atoms with E-state index in [2.05, 4.69) is 15.6 Å². The second-order valence-corrected chi connectivity index (χ2v) is 10.2. The van der Waals surface area contributed by atoms with E-state index in [0.29, 0.717) is 48.6 Å². The first kappa shape index (κ1) is 27.9. The van der Waals surface area contributed by atoms with E-state index in [1.54, 1.807) is 42.7 Å². The van der Waals surface area contributed by atoms with Gasteiger partial charge in [-0.25, -0.2) is 0 Å². The molecule has 0 saturated heterocycles. The smallest absolute Gasteiger partial charge is 0.257 e. The Hall–Kier alpha value is -4.69. The summed E-state index contributed by atoms with van der Waals surface area (Å²) >= 11 is 0. The van der Waals surface area contributed by atoms with Crippen molar-refractivity contribution in [1.29, 1.82) is 0 Å². The molecule has 1 aliphatic heterocycles. The number of aromatic nitrogens is 1. The number of pyridine rings is 1. The third-order valence-electron chi connectivity index (χ3n) is 6.90. The average Bonchev–Trinajstić information content (AvgIpc) is 2.98. The third kappa shape index (κ3) is 7.10. The molecule has 3 aromatic carbocycles. The van der Waals surface area contributed by atoms with Gasteiger partial charge in [0.1, 0.15) is 17.6 Å². The second-order valence-electron chi connectivity index (χ2n) is 10.2. The van der Waals surface area contributed by atoms with Crippen LogP contribution in [0.25, 0.3) is 0 Å². The maximum atomic E-state index is 13.5. The Labute approximate surface area is 240 Å². The molecule has 0 saturated carbocycles. The van der Waals surface area contributed by atoms with Crippen molar-refractivity contribution in [3.63, 3.8) is 0 Å². The number of benzene rings is 3. The Morgan fingerprint density at radius 1 is 0.976 bits per heavy atom. The molecule has 1 atom stereocenters. The zero-order valence-electron chi connectivity index (χ0n) is 23.2. The number of nitrogens with zero attached hydrogens (tertiary/aromatic N) is 2. The molecule has 1 aromatic heterocycles. The predicted molar refractivity (Wildman–Crippen MR) is 159 cm³/mol. The fraction of sp³-hybridized carbons (Fsp3) is 0.242. The van der Waals surface area contributed by atoms with Crippen molar-refractivity contribution in [2.24, 2.45) is 0 Å². The van der Waals surface area contributed by atoms with Crippen LogP contribution < -0.4 is 20.1 Å². The highest BCUT2D eigenvalue weighted by Gasteiger charge is 2.29. The molecule has 1 aliphatic rings. The van der Waals surface area contributed by atoms with Crippen molar-refractivity contribution in [2.75, 3.05) is 18.4 Å². The van der Waals surface area contributed by atoms with Crippen molar-refractivity contribution in [1.82, 2.24) is 15.2 Å². The van der Waals surface area contributed by atoms with Crippen LogP contribution in [0.3, 0.4) is 0 Å². The molecule has 0 bridgehead atoms. The number of para-hydroxylation sites is 2. The fourth-order valence-corrected chi connectivity index (χ4v) is 4.71. The summed E-state index contributed by atoms with van der Waals surface area (Å²) in [4.78, 5) is 32.3. The first-order valence-electron chi connectivity index (χ1n) is 13.8. The summed E-state index contributed by atoms with van der Waals surface area (Å²) in [6, 6.07) is 26.2. The van der Waals surface area contributed by atoms with Gasteiger partial charge in [0.2, 0.25) is 0 Å². The van der Waals surface area contributed by atoms with Crippen molar-refractivity contribution in [2.45, 2.75) is 39.0 Å². The molecule has 41 heavy (non-hydrogen) atoms. The van der Waals surface area contributed by atoms with Crippen molar-refractivity contribution in [3.05, 3.63) is 114 Å². The number of amides is 2. The highest BCUT2D eigenvalue weighted by Crippen LogP contribution is 2.34. The summed E-state index contributed by atoms with van der Waals surface area (Å²) in [5.41, 5.74) is 2.48. The first-order chi connectivity index (χ1) is 20.0. The van der Waals surface area contributed by atoms with E-state index in [-0.39, 0.29) is 24.0 Å². The minimum Gasteiger partial charge on any atom is -0.486 e. The molecular formula is C33H34N4O4. The van der Waals surface area contributed by atoms with Crippen LogP contribution >= 0.6 is 0 Å². The minimum atomic E-state index is -0.297. The lowest BCUT2D eigenvalue weighted by molar-refractivity contribution is 0.0628. The number of hydrogen-bond acceptors (Lipinski definition) is 6. The maximum Gasteiger partial charge on any atom is 0.257 e. The van der Waals surface area contributed by atoms with Gasteiger partial charge in [0, 0.05) is 50.1 Å². The number of ether oxygens (including phenoxy) is 2. The van der Waals surface area contributed by atoms with E-state index in [1.807, 2.05) is 73.3 Å². The van der Waals surface area contributed by atoms with Gasteiger partial charge in [-0.05, 0) is 67.9 Å².